The monoisotopic (exact) mass is 296 g/mol. The van der Waals surface area contributed by atoms with Crippen molar-refractivity contribution in [1.29, 1.82) is 0 Å². The smallest absolute Gasteiger partial charge is 0.0595 e. The fourth-order valence-electron chi connectivity index (χ4n) is 2.09. The lowest BCUT2D eigenvalue weighted by atomic mass is 10.2. The van der Waals surface area contributed by atoms with Gasteiger partial charge in [0.2, 0.25) is 0 Å². The predicted molar refractivity (Wildman–Crippen MR) is 82.1 cm³/mol. The topological polar surface area (TPSA) is 17.0 Å². The van der Waals surface area contributed by atoms with Crippen molar-refractivity contribution in [3.63, 3.8) is 0 Å². The van der Waals surface area contributed by atoms with Gasteiger partial charge in [-0.1, -0.05) is 36.2 Å². The first-order chi connectivity index (χ1) is 9.10. The summed E-state index contributed by atoms with van der Waals surface area (Å²) >= 11 is 11.9. The minimum Gasteiger partial charge on any atom is -0.350 e. The Morgan fingerprint density at radius 2 is 2.00 bits per heavy atom. The normalized spacial score (nSPS) is 12.6. The Kier molecular flexibility index (Phi) is 4.92. The maximum atomic E-state index is 6.03. The van der Waals surface area contributed by atoms with E-state index in [9.17, 15) is 0 Å². The van der Waals surface area contributed by atoms with E-state index < -0.39 is 0 Å². The summed E-state index contributed by atoms with van der Waals surface area (Å²) in [7, 11) is 0. The second kappa shape index (κ2) is 6.47. The number of hydrogen-bond acceptors (Lipinski definition) is 1. The van der Waals surface area contributed by atoms with Crippen molar-refractivity contribution in [1.82, 2.24) is 9.88 Å². The molecule has 2 aromatic rings. The van der Waals surface area contributed by atoms with Crippen LogP contribution in [0.15, 0.2) is 36.7 Å². The molecule has 1 aromatic heterocycles. The van der Waals surface area contributed by atoms with Gasteiger partial charge in [-0.2, -0.15) is 0 Å². The van der Waals surface area contributed by atoms with Crippen LogP contribution in [-0.2, 0) is 6.54 Å². The molecule has 0 radical (unpaired) electrons. The molecule has 0 amide bonds. The molecule has 0 saturated carbocycles. The van der Waals surface area contributed by atoms with E-state index >= 15 is 0 Å². The van der Waals surface area contributed by atoms with Gasteiger partial charge in [-0.25, -0.2) is 0 Å². The molecule has 0 saturated heterocycles. The Morgan fingerprint density at radius 3 is 2.68 bits per heavy atom. The van der Waals surface area contributed by atoms with Crippen LogP contribution < -0.4 is 5.32 Å². The fourth-order valence-corrected chi connectivity index (χ4v) is 2.41. The number of rotatable bonds is 5. The number of nitrogens with zero attached hydrogens (tertiary/aromatic N) is 1. The molecule has 0 fully saturated rings. The summed E-state index contributed by atoms with van der Waals surface area (Å²) < 4.78 is 2.16. The van der Waals surface area contributed by atoms with Crippen LogP contribution in [0.3, 0.4) is 0 Å². The lowest BCUT2D eigenvalue weighted by molar-refractivity contribution is 0.596. The molecule has 1 aromatic carbocycles. The molecule has 1 heterocycles. The molecule has 2 nitrogen and oxygen atoms in total. The van der Waals surface area contributed by atoms with Crippen LogP contribution in [0.4, 0.5) is 0 Å². The molecule has 0 bridgehead atoms. The Hall–Kier alpha value is -0.960. The van der Waals surface area contributed by atoms with Crippen LogP contribution in [0.1, 0.15) is 31.0 Å². The van der Waals surface area contributed by atoms with Crippen molar-refractivity contribution in [3.05, 3.63) is 57.8 Å². The maximum Gasteiger partial charge on any atom is 0.0595 e. The number of benzene rings is 1. The third kappa shape index (κ3) is 3.75. The van der Waals surface area contributed by atoms with E-state index in [1.807, 2.05) is 18.2 Å². The fraction of sp³-hybridized carbons (Fsp3) is 0.333. The second-order valence-electron chi connectivity index (χ2n) is 4.64. The van der Waals surface area contributed by atoms with Crippen molar-refractivity contribution in [2.45, 2.75) is 26.4 Å². The molecule has 2 rings (SSSR count). The Morgan fingerprint density at radius 1 is 1.21 bits per heavy atom. The largest absolute Gasteiger partial charge is 0.350 e. The van der Waals surface area contributed by atoms with E-state index in [0.29, 0.717) is 16.1 Å². The zero-order valence-corrected chi connectivity index (χ0v) is 12.7. The third-order valence-electron chi connectivity index (χ3n) is 3.13. The van der Waals surface area contributed by atoms with Crippen molar-refractivity contribution in [3.8, 4) is 0 Å². The Bertz CT molecular complexity index is 549. The Labute approximate surface area is 124 Å². The van der Waals surface area contributed by atoms with E-state index in [1.165, 1.54) is 5.56 Å². The standard InChI is InChI=1S/C15H18Cl2N2/c1-3-18-11(2)13-6-7-19(10-13)9-12-4-5-14(16)15(17)8-12/h4-8,10-11,18H,3,9H2,1-2H3. The van der Waals surface area contributed by atoms with Crippen LogP contribution in [0, 0.1) is 0 Å². The highest BCUT2D eigenvalue weighted by atomic mass is 35.5. The van der Waals surface area contributed by atoms with Gasteiger partial charge >= 0.3 is 0 Å². The van der Waals surface area contributed by atoms with Crippen LogP contribution >= 0.6 is 23.2 Å². The molecule has 4 heteroatoms. The number of nitrogens with one attached hydrogen (secondary N) is 1. The van der Waals surface area contributed by atoms with E-state index in [-0.39, 0.29) is 0 Å². The summed E-state index contributed by atoms with van der Waals surface area (Å²) in [4.78, 5) is 0. The van der Waals surface area contributed by atoms with E-state index in [0.717, 1.165) is 18.7 Å². The molecule has 1 atom stereocenters. The highest BCUT2D eigenvalue weighted by molar-refractivity contribution is 6.42. The first kappa shape index (κ1) is 14.4. The minimum atomic E-state index is 0.375. The van der Waals surface area contributed by atoms with Gasteiger partial charge in [0.05, 0.1) is 10.0 Å². The maximum absolute atomic E-state index is 6.03. The summed E-state index contributed by atoms with van der Waals surface area (Å²) in [6.07, 6.45) is 4.25. The van der Waals surface area contributed by atoms with Gasteiger partial charge < -0.3 is 9.88 Å². The first-order valence-corrected chi connectivity index (χ1v) is 7.18. The number of aromatic nitrogens is 1. The zero-order valence-electron chi connectivity index (χ0n) is 11.2. The van der Waals surface area contributed by atoms with Gasteiger partial charge in [0.25, 0.3) is 0 Å². The first-order valence-electron chi connectivity index (χ1n) is 6.43. The molecule has 0 aliphatic carbocycles. The molecule has 0 aliphatic rings. The van der Waals surface area contributed by atoms with Gasteiger partial charge in [-0.15, -0.1) is 0 Å². The molecular weight excluding hydrogens is 279 g/mol. The zero-order chi connectivity index (χ0) is 13.8. The predicted octanol–water partition coefficient (Wildman–Crippen LogP) is 4.51. The number of hydrogen-bond donors (Lipinski definition) is 1. The van der Waals surface area contributed by atoms with E-state index in [4.69, 9.17) is 23.2 Å². The molecule has 19 heavy (non-hydrogen) atoms. The lowest BCUT2D eigenvalue weighted by Gasteiger charge is -2.10. The van der Waals surface area contributed by atoms with Crippen LogP contribution in [-0.4, -0.2) is 11.1 Å². The van der Waals surface area contributed by atoms with Crippen LogP contribution in [0.25, 0.3) is 0 Å². The summed E-state index contributed by atoms with van der Waals surface area (Å²) in [5.41, 5.74) is 2.44. The van der Waals surface area contributed by atoms with Gasteiger partial charge in [-0.3, -0.25) is 0 Å². The van der Waals surface area contributed by atoms with Crippen LogP contribution in [0.5, 0.6) is 0 Å². The highest BCUT2D eigenvalue weighted by Gasteiger charge is 2.06. The van der Waals surface area contributed by atoms with Gasteiger partial charge in [0.1, 0.15) is 0 Å². The molecular formula is C15H18Cl2N2. The summed E-state index contributed by atoms with van der Waals surface area (Å²) in [6.45, 7) is 6.06. The van der Waals surface area contributed by atoms with Crippen molar-refractivity contribution in [2.75, 3.05) is 6.54 Å². The van der Waals surface area contributed by atoms with Crippen molar-refractivity contribution < 1.29 is 0 Å². The second-order valence-corrected chi connectivity index (χ2v) is 5.46. The average Bonchev–Trinajstić information content (AvgIpc) is 2.83. The van der Waals surface area contributed by atoms with Crippen LogP contribution in [0.2, 0.25) is 10.0 Å². The van der Waals surface area contributed by atoms with Gasteiger partial charge in [0, 0.05) is 25.0 Å². The molecule has 102 valence electrons. The van der Waals surface area contributed by atoms with E-state index in [2.05, 4.69) is 42.2 Å². The number of halogens is 2. The minimum absolute atomic E-state index is 0.375. The average molecular weight is 297 g/mol. The molecule has 0 spiro atoms. The van der Waals surface area contributed by atoms with Crippen molar-refractivity contribution >= 4 is 23.2 Å². The lowest BCUT2D eigenvalue weighted by Crippen LogP contribution is -2.17. The third-order valence-corrected chi connectivity index (χ3v) is 3.87. The molecule has 1 unspecified atom stereocenters. The summed E-state index contributed by atoms with van der Waals surface area (Å²) in [6, 6.07) is 8.27. The van der Waals surface area contributed by atoms with Gasteiger partial charge in [-0.05, 0) is 42.8 Å². The SMILES string of the molecule is CCNC(C)c1ccn(Cc2ccc(Cl)c(Cl)c2)c1. The molecule has 1 N–H and O–H groups in total. The summed E-state index contributed by atoms with van der Waals surface area (Å²) in [5, 5.41) is 4.60. The quantitative estimate of drug-likeness (QED) is 0.859. The van der Waals surface area contributed by atoms with Crippen molar-refractivity contribution in [2.24, 2.45) is 0 Å². The van der Waals surface area contributed by atoms with Gasteiger partial charge in [0.15, 0.2) is 0 Å². The Balaban J connectivity index is 2.09. The highest BCUT2D eigenvalue weighted by Crippen LogP contribution is 2.23. The van der Waals surface area contributed by atoms with E-state index in [1.54, 1.807) is 0 Å². The summed E-state index contributed by atoms with van der Waals surface area (Å²) in [5.74, 6) is 0. The molecule has 0 aliphatic heterocycles.